The number of hydrogen-bond acceptors (Lipinski definition) is 1. The first-order chi connectivity index (χ1) is 5.83. The van der Waals surface area contributed by atoms with Crippen LogP contribution in [-0.2, 0) is 0 Å². The van der Waals surface area contributed by atoms with Crippen LogP contribution < -0.4 is 0 Å². The number of rotatable bonds is 3. The van der Waals surface area contributed by atoms with Gasteiger partial charge in [-0.2, -0.15) is 0 Å². The Balaban J connectivity index is 1.83. The van der Waals surface area contributed by atoms with Gasteiger partial charge in [0.1, 0.15) is 0 Å². The molecule has 0 spiro atoms. The normalized spacial score (nSPS) is 34.4. The minimum absolute atomic E-state index is 0.764. The summed E-state index contributed by atoms with van der Waals surface area (Å²) in [6.07, 6.45) is 6.27. The first-order valence-electron chi connectivity index (χ1n) is 5.17. The zero-order valence-electron chi connectivity index (χ0n) is 7.84. The number of hydrogen-bond donors (Lipinski definition) is 1. The third-order valence-electron chi connectivity index (χ3n) is 3.10. The van der Waals surface area contributed by atoms with Crippen LogP contribution in [0.4, 0.5) is 0 Å². The van der Waals surface area contributed by atoms with E-state index in [0.717, 1.165) is 30.8 Å². The second kappa shape index (κ2) is 3.08. The van der Waals surface area contributed by atoms with Gasteiger partial charge >= 0.3 is 0 Å². The van der Waals surface area contributed by atoms with E-state index < -0.39 is 0 Å². The smallest absolute Gasteiger partial charge is 0.0960 e. The Morgan fingerprint density at radius 3 is 3.00 bits per heavy atom. The molecule has 0 radical (unpaired) electrons. The van der Waals surface area contributed by atoms with Gasteiger partial charge in [0.15, 0.2) is 0 Å². The van der Waals surface area contributed by atoms with Gasteiger partial charge in [-0.3, -0.25) is 5.41 Å². The number of nitrogens with one attached hydrogen (secondary N) is 1. The van der Waals surface area contributed by atoms with Crippen molar-refractivity contribution in [2.45, 2.75) is 45.1 Å². The largest absolute Gasteiger partial charge is 0.357 e. The maximum Gasteiger partial charge on any atom is 0.0960 e. The predicted molar refractivity (Wildman–Crippen MR) is 50.5 cm³/mol. The van der Waals surface area contributed by atoms with Crippen LogP contribution in [0.15, 0.2) is 0 Å². The third kappa shape index (κ3) is 1.35. The zero-order chi connectivity index (χ0) is 8.55. The first kappa shape index (κ1) is 8.09. The van der Waals surface area contributed by atoms with Gasteiger partial charge in [-0.05, 0) is 25.2 Å². The van der Waals surface area contributed by atoms with Gasteiger partial charge in [0, 0.05) is 19.0 Å². The number of nitrogens with zero attached hydrogens (tertiary/aromatic N) is 1. The summed E-state index contributed by atoms with van der Waals surface area (Å²) >= 11 is 0. The molecule has 2 unspecified atom stereocenters. The molecule has 1 saturated carbocycles. The molecular formula is C10H18N2. The second-order valence-electron chi connectivity index (χ2n) is 4.10. The Morgan fingerprint density at radius 2 is 2.42 bits per heavy atom. The molecule has 0 bridgehead atoms. The second-order valence-corrected chi connectivity index (χ2v) is 4.10. The Kier molecular flexibility index (Phi) is 2.07. The lowest BCUT2D eigenvalue weighted by Crippen LogP contribution is -2.27. The van der Waals surface area contributed by atoms with Gasteiger partial charge in [0.2, 0.25) is 0 Å². The van der Waals surface area contributed by atoms with Gasteiger partial charge in [-0.15, -0.1) is 0 Å². The van der Waals surface area contributed by atoms with Crippen molar-refractivity contribution in [3.05, 3.63) is 0 Å². The molecule has 12 heavy (non-hydrogen) atoms. The highest BCUT2D eigenvalue weighted by Gasteiger charge is 2.42. The highest BCUT2D eigenvalue weighted by molar-refractivity contribution is 5.81. The highest BCUT2D eigenvalue weighted by Crippen LogP contribution is 2.40. The van der Waals surface area contributed by atoms with E-state index in [-0.39, 0.29) is 0 Å². The molecule has 0 aromatic carbocycles. The summed E-state index contributed by atoms with van der Waals surface area (Å²) < 4.78 is 0. The monoisotopic (exact) mass is 166 g/mol. The Morgan fingerprint density at radius 1 is 1.58 bits per heavy atom. The summed E-state index contributed by atoms with van der Waals surface area (Å²) in [5.74, 6) is 1.83. The van der Waals surface area contributed by atoms with Gasteiger partial charge in [0.05, 0.1) is 5.84 Å². The molecule has 68 valence electrons. The van der Waals surface area contributed by atoms with Crippen LogP contribution in [0.3, 0.4) is 0 Å². The molecule has 1 aliphatic carbocycles. The van der Waals surface area contributed by atoms with Gasteiger partial charge in [0.25, 0.3) is 0 Å². The van der Waals surface area contributed by atoms with Crippen LogP contribution in [0.25, 0.3) is 0 Å². The lowest BCUT2D eigenvalue weighted by atomic mass is 10.2. The van der Waals surface area contributed by atoms with Crippen molar-refractivity contribution in [1.29, 1.82) is 5.41 Å². The van der Waals surface area contributed by atoms with Crippen LogP contribution in [0, 0.1) is 11.3 Å². The molecule has 2 rings (SSSR count). The average molecular weight is 166 g/mol. The summed E-state index contributed by atoms with van der Waals surface area (Å²) in [7, 11) is 0. The van der Waals surface area contributed by atoms with E-state index >= 15 is 0 Å². The average Bonchev–Trinajstić information content (AvgIpc) is 2.67. The lowest BCUT2D eigenvalue weighted by molar-refractivity contribution is 0.412. The Labute approximate surface area is 74.5 Å². The number of amidine groups is 1. The molecule has 0 aromatic rings. The minimum atomic E-state index is 0.764. The molecule has 1 heterocycles. The summed E-state index contributed by atoms with van der Waals surface area (Å²) in [6.45, 7) is 3.41. The quantitative estimate of drug-likeness (QED) is 0.684. The summed E-state index contributed by atoms with van der Waals surface area (Å²) in [6, 6.07) is 0.764. The van der Waals surface area contributed by atoms with Crippen LogP contribution in [0.1, 0.15) is 39.0 Å². The predicted octanol–water partition coefficient (Wildman–Crippen LogP) is 2.25. The fourth-order valence-corrected chi connectivity index (χ4v) is 2.36. The molecule has 1 saturated heterocycles. The summed E-state index contributed by atoms with van der Waals surface area (Å²) in [5, 5.41) is 7.72. The van der Waals surface area contributed by atoms with Crippen LogP contribution in [0.2, 0.25) is 0 Å². The molecule has 0 amide bonds. The summed E-state index contributed by atoms with van der Waals surface area (Å²) in [5.41, 5.74) is 0. The van der Waals surface area contributed by atoms with E-state index in [1.165, 1.54) is 25.7 Å². The van der Waals surface area contributed by atoms with E-state index in [9.17, 15) is 0 Å². The molecule has 1 aliphatic heterocycles. The maximum absolute atomic E-state index is 7.72. The van der Waals surface area contributed by atoms with E-state index in [2.05, 4.69) is 11.8 Å². The van der Waals surface area contributed by atoms with Crippen molar-refractivity contribution in [3.8, 4) is 0 Å². The van der Waals surface area contributed by atoms with Gasteiger partial charge in [-0.1, -0.05) is 13.3 Å². The van der Waals surface area contributed by atoms with Crippen LogP contribution >= 0.6 is 0 Å². The molecule has 2 nitrogen and oxygen atoms in total. The van der Waals surface area contributed by atoms with Crippen molar-refractivity contribution >= 4 is 5.84 Å². The van der Waals surface area contributed by atoms with Crippen molar-refractivity contribution in [3.63, 3.8) is 0 Å². The fourth-order valence-electron chi connectivity index (χ4n) is 2.36. The Hall–Kier alpha value is -0.530. The van der Waals surface area contributed by atoms with Crippen molar-refractivity contribution in [2.75, 3.05) is 6.54 Å². The Bertz CT molecular complexity index is 188. The van der Waals surface area contributed by atoms with E-state index in [1.54, 1.807) is 0 Å². The molecular weight excluding hydrogens is 148 g/mol. The van der Waals surface area contributed by atoms with Gasteiger partial charge in [-0.25, -0.2) is 0 Å². The van der Waals surface area contributed by atoms with E-state index in [0.29, 0.717) is 0 Å². The molecule has 1 N–H and O–H groups in total. The SMILES string of the molecule is CCCC1CC1N1CCCC1=N. The molecule has 0 aromatic heterocycles. The first-order valence-corrected chi connectivity index (χ1v) is 5.17. The van der Waals surface area contributed by atoms with Gasteiger partial charge < -0.3 is 4.90 Å². The maximum atomic E-state index is 7.72. The summed E-state index contributed by atoms with van der Waals surface area (Å²) in [4.78, 5) is 2.33. The van der Waals surface area contributed by atoms with Crippen LogP contribution in [-0.4, -0.2) is 23.3 Å². The fraction of sp³-hybridized carbons (Fsp3) is 0.900. The molecule has 2 aliphatic rings. The molecule has 2 atom stereocenters. The lowest BCUT2D eigenvalue weighted by Gasteiger charge is -2.17. The minimum Gasteiger partial charge on any atom is -0.357 e. The van der Waals surface area contributed by atoms with E-state index in [1.807, 2.05) is 0 Å². The number of likely N-dealkylation sites (tertiary alicyclic amines) is 1. The van der Waals surface area contributed by atoms with Crippen LogP contribution in [0.5, 0.6) is 0 Å². The highest BCUT2D eigenvalue weighted by atomic mass is 15.2. The standard InChI is InChI=1S/C10H18N2/c1-2-4-8-7-9(8)12-6-3-5-10(12)11/h8-9,11H,2-7H2,1H3. The van der Waals surface area contributed by atoms with E-state index in [4.69, 9.17) is 5.41 Å². The van der Waals surface area contributed by atoms with Crippen molar-refractivity contribution < 1.29 is 0 Å². The molecule has 2 fully saturated rings. The molecule has 2 heteroatoms. The third-order valence-corrected chi connectivity index (χ3v) is 3.10. The topological polar surface area (TPSA) is 27.1 Å². The zero-order valence-corrected chi connectivity index (χ0v) is 7.84. The van der Waals surface area contributed by atoms with Crippen molar-refractivity contribution in [1.82, 2.24) is 4.90 Å². The van der Waals surface area contributed by atoms with Crippen molar-refractivity contribution in [2.24, 2.45) is 5.92 Å².